The van der Waals surface area contributed by atoms with Crippen LogP contribution in [0.25, 0.3) is 0 Å². The average Bonchev–Trinajstić information content (AvgIpc) is 2.52. The van der Waals surface area contributed by atoms with Crippen LogP contribution in [0.15, 0.2) is 30.3 Å². The van der Waals surface area contributed by atoms with E-state index in [4.69, 9.17) is 5.73 Å². The lowest BCUT2D eigenvalue weighted by atomic mass is 9.93. The Morgan fingerprint density at radius 1 is 1.09 bits per heavy atom. The number of carbonyl (C=O) groups excluding carboxylic acids is 2. The van der Waals surface area contributed by atoms with Gasteiger partial charge in [0.2, 0.25) is 5.91 Å². The molecular formula is C17H28N4O2. The van der Waals surface area contributed by atoms with E-state index in [1.807, 2.05) is 32.0 Å². The first-order valence-corrected chi connectivity index (χ1v) is 7.94. The summed E-state index contributed by atoms with van der Waals surface area (Å²) in [5.41, 5.74) is 5.38. The van der Waals surface area contributed by atoms with Crippen molar-refractivity contribution in [3.8, 4) is 0 Å². The molecule has 0 saturated heterocycles. The van der Waals surface area contributed by atoms with Crippen LogP contribution >= 0.6 is 0 Å². The Morgan fingerprint density at radius 3 is 2.17 bits per heavy atom. The molecule has 6 nitrogen and oxygen atoms in total. The summed E-state index contributed by atoms with van der Waals surface area (Å²) in [7, 11) is 0. The van der Waals surface area contributed by atoms with Crippen LogP contribution in [0, 0.1) is 0 Å². The molecular weight excluding hydrogens is 292 g/mol. The van der Waals surface area contributed by atoms with Gasteiger partial charge in [0.15, 0.2) is 0 Å². The molecule has 0 aliphatic carbocycles. The summed E-state index contributed by atoms with van der Waals surface area (Å²) in [6.45, 7) is 7.68. The van der Waals surface area contributed by atoms with E-state index < -0.39 is 17.1 Å². The van der Waals surface area contributed by atoms with E-state index in [0.29, 0.717) is 12.2 Å². The minimum absolute atomic E-state index is 0.266. The Balaban J connectivity index is 2.56. The van der Waals surface area contributed by atoms with Crippen molar-refractivity contribution in [3.63, 3.8) is 0 Å². The highest BCUT2D eigenvalue weighted by molar-refractivity contribution is 5.95. The summed E-state index contributed by atoms with van der Waals surface area (Å²) in [6, 6.07) is 8.63. The van der Waals surface area contributed by atoms with Crippen LogP contribution in [0.2, 0.25) is 0 Å². The van der Waals surface area contributed by atoms with Gasteiger partial charge < -0.3 is 21.7 Å². The van der Waals surface area contributed by atoms with Crippen molar-refractivity contribution in [2.24, 2.45) is 5.73 Å². The number of hydrogen-bond acceptors (Lipinski definition) is 3. The third kappa shape index (κ3) is 5.90. The monoisotopic (exact) mass is 320 g/mol. The molecule has 0 atom stereocenters. The van der Waals surface area contributed by atoms with E-state index in [9.17, 15) is 9.59 Å². The molecule has 0 unspecified atom stereocenters. The summed E-state index contributed by atoms with van der Waals surface area (Å²) in [4.78, 5) is 24.3. The van der Waals surface area contributed by atoms with Gasteiger partial charge in [0.25, 0.3) is 0 Å². The molecule has 5 N–H and O–H groups in total. The molecule has 1 rings (SSSR count). The number of amides is 3. The van der Waals surface area contributed by atoms with Gasteiger partial charge in [-0.1, -0.05) is 32.0 Å². The van der Waals surface area contributed by atoms with E-state index in [0.717, 1.165) is 12.8 Å². The molecule has 3 amide bonds. The van der Waals surface area contributed by atoms with Gasteiger partial charge in [-0.15, -0.1) is 0 Å². The zero-order valence-corrected chi connectivity index (χ0v) is 14.4. The Kier molecular flexibility index (Phi) is 6.57. The molecule has 0 saturated carbocycles. The topological polar surface area (TPSA) is 96.2 Å². The molecule has 0 spiro atoms. The Hall–Kier alpha value is -2.08. The summed E-state index contributed by atoms with van der Waals surface area (Å²) >= 11 is 0. The van der Waals surface area contributed by atoms with Crippen molar-refractivity contribution in [2.75, 3.05) is 11.9 Å². The van der Waals surface area contributed by atoms with E-state index in [-0.39, 0.29) is 5.91 Å². The zero-order chi connectivity index (χ0) is 17.5. The van der Waals surface area contributed by atoms with Gasteiger partial charge in [0.05, 0.1) is 0 Å². The highest BCUT2D eigenvalue weighted by atomic mass is 16.2. The summed E-state index contributed by atoms with van der Waals surface area (Å²) in [6.07, 6.45) is 1.54. The molecule has 0 aliphatic rings. The van der Waals surface area contributed by atoms with Crippen molar-refractivity contribution in [1.29, 1.82) is 0 Å². The summed E-state index contributed by atoms with van der Waals surface area (Å²) < 4.78 is 0. The van der Waals surface area contributed by atoms with Gasteiger partial charge in [-0.05, 0) is 38.8 Å². The number of para-hydroxylation sites is 1. The molecule has 1 aromatic carbocycles. The fourth-order valence-corrected chi connectivity index (χ4v) is 2.00. The lowest BCUT2D eigenvalue weighted by Crippen LogP contribution is -2.59. The van der Waals surface area contributed by atoms with E-state index in [1.165, 1.54) is 0 Å². The van der Waals surface area contributed by atoms with E-state index >= 15 is 0 Å². The highest BCUT2D eigenvalue weighted by Crippen LogP contribution is 2.11. The average molecular weight is 320 g/mol. The quantitative estimate of drug-likeness (QED) is 0.620. The summed E-state index contributed by atoms with van der Waals surface area (Å²) in [5.74, 6) is -0.266. The van der Waals surface area contributed by atoms with Crippen LogP contribution < -0.4 is 21.7 Å². The third-order valence-electron chi connectivity index (χ3n) is 4.03. The van der Waals surface area contributed by atoms with Gasteiger partial charge in [0, 0.05) is 17.8 Å². The van der Waals surface area contributed by atoms with Crippen LogP contribution in [0.3, 0.4) is 0 Å². The van der Waals surface area contributed by atoms with E-state index in [2.05, 4.69) is 16.0 Å². The van der Waals surface area contributed by atoms with Gasteiger partial charge in [-0.3, -0.25) is 4.79 Å². The maximum atomic E-state index is 12.3. The maximum absolute atomic E-state index is 12.3. The molecule has 0 radical (unpaired) electrons. The predicted octanol–water partition coefficient (Wildman–Crippen LogP) is 2.22. The number of nitrogens with one attached hydrogen (secondary N) is 3. The molecule has 0 aliphatic heterocycles. The molecule has 0 aromatic heterocycles. The smallest absolute Gasteiger partial charge is 0.320 e. The van der Waals surface area contributed by atoms with E-state index in [1.54, 1.807) is 26.0 Å². The molecule has 128 valence electrons. The number of urea groups is 1. The number of rotatable bonds is 7. The van der Waals surface area contributed by atoms with Crippen molar-refractivity contribution >= 4 is 17.6 Å². The van der Waals surface area contributed by atoms with Crippen molar-refractivity contribution in [1.82, 2.24) is 10.6 Å². The van der Waals surface area contributed by atoms with Gasteiger partial charge in [0.1, 0.15) is 5.54 Å². The van der Waals surface area contributed by atoms with Crippen LogP contribution in [0.4, 0.5) is 10.5 Å². The third-order valence-corrected chi connectivity index (χ3v) is 4.03. The summed E-state index contributed by atoms with van der Waals surface area (Å²) in [5, 5.41) is 8.19. The fourth-order valence-electron chi connectivity index (χ4n) is 2.00. The Bertz CT molecular complexity index is 525. The lowest BCUT2D eigenvalue weighted by Gasteiger charge is -2.30. The number of benzene rings is 1. The fraction of sp³-hybridized carbons (Fsp3) is 0.529. The SMILES string of the molecule is CCC(N)(CC)CNC(=O)C(C)(C)NC(=O)Nc1ccccc1. The molecule has 0 fully saturated rings. The second-order valence-corrected chi connectivity index (χ2v) is 6.32. The lowest BCUT2D eigenvalue weighted by molar-refractivity contribution is -0.126. The van der Waals surface area contributed by atoms with Crippen LogP contribution in [0.1, 0.15) is 40.5 Å². The van der Waals surface area contributed by atoms with Crippen molar-refractivity contribution in [3.05, 3.63) is 30.3 Å². The predicted molar refractivity (Wildman–Crippen MR) is 93.2 cm³/mol. The minimum atomic E-state index is -1.04. The molecule has 0 heterocycles. The number of hydrogen-bond donors (Lipinski definition) is 4. The van der Waals surface area contributed by atoms with Gasteiger partial charge in [-0.2, -0.15) is 0 Å². The number of nitrogens with two attached hydrogens (primary N) is 1. The normalized spacial score (nSPS) is 11.7. The zero-order valence-electron chi connectivity index (χ0n) is 14.4. The minimum Gasteiger partial charge on any atom is -0.352 e. The first-order valence-electron chi connectivity index (χ1n) is 7.94. The number of anilines is 1. The maximum Gasteiger partial charge on any atom is 0.320 e. The first-order chi connectivity index (χ1) is 10.7. The van der Waals surface area contributed by atoms with Crippen LogP contribution in [-0.2, 0) is 4.79 Å². The molecule has 0 bridgehead atoms. The van der Waals surface area contributed by atoms with Crippen LogP contribution in [-0.4, -0.2) is 29.6 Å². The number of carbonyl (C=O) groups is 2. The molecule has 1 aromatic rings. The second-order valence-electron chi connectivity index (χ2n) is 6.32. The van der Waals surface area contributed by atoms with Crippen molar-refractivity contribution in [2.45, 2.75) is 51.6 Å². The Morgan fingerprint density at radius 2 is 1.65 bits per heavy atom. The van der Waals surface area contributed by atoms with Crippen molar-refractivity contribution < 1.29 is 9.59 Å². The first kappa shape index (κ1) is 19.0. The largest absolute Gasteiger partial charge is 0.352 e. The molecule has 23 heavy (non-hydrogen) atoms. The molecule has 6 heteroatoms. The second kappa shape index (κ2) is 7.97. The van der Waals surface area contributed by atoms with Crippen LogP contribution in [0.5, 0.6) is 0 Å². The van der Waals surface area contributed by atoms with Gasteiger partial charge in [-0.25, -0.2) is 4.79 Å². The Labute approximate surface area is 138 Å². The highest BCUT2D eigenvalue weighted by Gasteiger charge is 2.31. The van der Waals surface area contributed by atoms with Gasteiger partial charge >= 0.3 is 6.03 Å². The standard InChI is InChI=1S/C17H28N4O2/c1-5-17(18,6-2)12-19-14(22)16(3,4)21-15(23)20-13-10-8-7-9-11-13/h7-11H,5-6,12,18H2,1-4H3,(H,19,22)(H2,20,21,23).